The van der Waals surface area contributed by atoms with Crippen molar-refractivity contribution in [3.8, 4) is 22.9 Å². The summed E-state index contributed by atoms with van der Waals surface area (Å²) >= 11 is 0. The summed E-state index contributed by atoms with van der Waals surface area (Å²) in [5.74, 6) is -2.16. The number of nitrogens with one attached hydrogen (secondary N) is 2. The lowest BCUT2D eigenvalue weighted by Gasteiger charge is -2.14. The summed E-state index contributed by atoms with van der Waals surface area (Å²) in [6.07, 6.45) is -5.08. The summed E-state index contributed by atoms with van der Waals surface area (Å²) in [6.45, 7) is 4.92. The summed E-state index contributed by atoms with van der Waals surface area (Å²) in [7, 11) is 1.67. The smallest absolute Gasteiger partial charge is 0.490 e. The van der Waals surface area contributed by atoms with Gasteiger partial charge in [0.25, 0.3) is 5.91 Å². The van der Waals surface area contributed by atoms with Gasteiger partial charge >= 0.3 is 12.1 Å². The Morgan fingerprint density at radius 2 is 1.68 bits per heavy atom. The summed E-state index contributed by atoms with van der Waals surface area (Å²) in [5.41, 5.74) is 4.71. The lowest BCUT2D eigenvalue weighted by atomic mass is 10.0. The molecule has 3 aromatic carbocycles. The average molecular weight is 514 g/mol. The number of rotatable bonds is 7. The number of amides is 1. The second-order valence-electron chi connectivity index (χ2n) is 8.09. The quantitative estimate of drug-likeness (QED) is 0.378. The van der Waals surface area contributed by atoms with Crippen LogP contribution in [0.15, 0.2) is 66.7 Å². The van der Waals surface area contributed by atoms with Crippen LogP contribution in [0, 0.1) is 11.3 Å². The molecule has 0 heterocycles. The highest BCUT2D eigenvalue weighted by Crippen LogP contribution is 2.28. The van der Waals surface area contributed by atoms with Crippen LogP contribution >= 0.6 is 0 Å². The molecule has 7 nitrogen and oxygen atoms in total. The zero-order valence-corrected chi connectivity index (χ0v) is 20.4. The Morgan fingerprint density at radius 3 is 2.27 bits per heavy atom. The number of halogens is 3. The second-order valence-corrected chi connectivity index (χ2v) is 8.09. The van der Waals surface area contributed by atoms with Crippen molar-refractivity contribution in [2.24, 2.45) is 0 Å². The van der Waals surface area contributed by atoms with E-state index in [0.717, 1.165) is 22.4 Å². The highest BCUT2D eigenvalue weighted by Gasteiger charge is 2.38. The molecule has 0 saturated heterocycles. The van der Waals surface area contributed by atoms with E-state index in [9.17, 15) is 18.0 Å². The molecule has 0 radical (unpaired) electrons. The Morgan fingerprint density at radius 1 is 1.03 bits per heavy atom. The number of benzene rings is 3. The Labute approximate surface area is 212 Å². The number of nitriles is 1. The van der Waals surface area contributed by atoms with Gasteiger partial charge in [-0.25, -0.2) is 4.79 Å². The first-order chi connectivity index (χ1) is 17.4. The minimum Gasteiger partial charge on any atom is -0.496 e. The minimum atomic E-state index is -5.08. The second kappa shape index (κ2) is 13.1. The van der Waals surface area contributed by atoms with E-state index in [-0.39, 0.29) is 5.91 Å². The van der Waals surface area contributed by atoms with Gasteiger partial charge in [0.05, 0.1) is 18.7 Å². The highest BCUT2D eigenvalue weighted by atomic mass is 19.4. The zero-order chi connectivity index (χ0) is 27.6. The molecule has 37 heavy (non-hydrogen) atoms. The predicted octanol–water partition coefficient (Wildman–Crippen LogP) is 5.62. The number of alkyl halides is 3. The number of hydrogen-bond donors (Lipinski definition) is 3. The van der Waals surface area contributed by atoms with E-state index < -0.39 is 12.1 Å². The molecule has 0 spiro atoms. The number of carbonyl (C=O) groups is 2. The molecule has 0 fully saturated rings. The van der Waals surface area contributed by atoms with E-state index in [1.807, 2.05) is 36.4 Å². The number of aliphatic carboxylic acids is 1. The van der Waals surface area contributed by atoms with Crippen LogP contribution in [-0.2, 0) is 11.3 Å². The SMILES string of the molecule is COc1ccc(-c2cccc(NC(=O)c3cccc(C#N)c3)c2)cc1CNC(C)C.O=C(O)C(F)(F)F. The molecule has 3 rings (SSSR count). The summed E-state index contributed by atoms with van der Waals surface area (Å²) in [5, 5.41) is 22.5. The Hall–Kier alpha value is -4.36. The van der Waals surface area contributed by atoms with Gasteiger partial charge in [0.2, 0.25) is 0 Å². The maximum atomic E-state index is 12.6. The van der Waals surface area contributed by atoms with Gasteiger partial charge in [-0.1, -0.05) is 38.1 Å². The molecule has 0 aliphatic carbocycles. The summed E-state index contributed by atoms with van der Waals surface area (Å²) in [6, 6.07) is 22.9. The van der Waals surface area contributed by atoms with Crippen molar-refractivity contribution < 1.29 is 32.6 Å². The number of methoxy groups -OCH3 is 1. The minimum absolute atomic E-state index is 0.249. The predicted molar refractivity (Wildman–Crippen MR) is 133 cm³/mol. The molecular weight excluding hydrogens is 487 g/mol. The molecule has 0 aromatic heterocycles. The molecule has 0 saturated carbocycles. The molecule has 3 N–H and O–H groups in total. The number of nitrogens with zero attached hydrogens (tertiary/aromatic N) is 1. The number of carbonyl (C=O) groups excluding carboxylic acids is 1. The van der Waals surface area contributed by atoms with Crippen molar-refractivity contribution in [1.29, 1.82) is 5.26 Å². The fourth-order valence-electron chi connectivity index (χ4n) is 3.12. The third-order valence-electron chi connectivity index (χ3n) is 4.93. The number of hydrogen-bond acceptors (Lipinski definition) is 5. The molecular formula is C27H26F3N3O4. The molecule has 194 valence electrons. The van der Waals surface area contributed by atoms with Crippen LogP contribution < -0.4 is 15.4 Å². The van der Waals surface area contributed by atoms with E-state index in [4.69, 9.17) is 19.9 Å². The van der Waals surface area contributed by atoms with Crippen LogP contribution in [0.5, 0.6) is 5.75 Å². The molecule has 1 amide bonds. The summed E-state index contributed by atoms with van der Waals surface area (Å²) < 4.78 is 37.2. The summed E-state index contributed by atoms with van der Waals surface area (Å²) in [4.78, 5) is 21.5. The van der Waals surface area contributed by atoms with Crippen molar-refractivity contribution in [3.05, 3.63) is 83.4 Å². The van der Waals surface area contributed by atoms with Crippen LogP contribution in [0.1, 0.15) is 35.3 Å². The highest BCUT2D eigenvalue weighted by molar-refractivity contribution is 6.04. The standard InChI is InChI=1S/C25H25N3O2.C2HF3O2/c1-17(2)27-16-22-13-20(10-11-24(22)30-3)19-7-5-9-23(14-19)28-25(29)21-8-4-6-18(12-21)15-26;3-2(4,5)1(6)7/h4-14,17,27H,16H2,1-3H3,(H,28,29);(H,6,7). The molecule has 0 aliphatic heterocycles. The third kappa shape index (κ3) is 8.98. The van der Waals surface area contributed by atoms with Crippen LogP contribution in [-0.4, -0.2) is 36.3 Å². The van der Waals surface area contributed by atoms with E-state index in [1.54, 1.807) is 31.4 Å². The molecule has 10 heteroatoms. The molecule has 3 aromatic rings. The van der Waals surface area contributed by atoms with Gasteiger partial charge in [0.1, 0.15) is 5.75 Å². The Balaban J connectivity index is 0.000000604. The number of carboxylic acids is 1. The van der Waals surface area contributed by atoms with Gasteiger partial charge < -0.3 is 20.5 Å². The van der Waals surface area contributed by atoms with Gasteiger partial charge in [0.15, 0.2) is 0 Å². The maximum absolute atomic E-state index is 12.6. The lowest BCUT2D eigenvalue weighted by molar-refractivity contribution is -0.192. The Kier molecular flexibility index (Phi) is 10.2. The average Bonchev–Trinajstić information content (AvgIpc) is 2.87. The van der Waals surface area contributed by atoms with E-state index in [2.05, 4.69) is 36.6 Å². The fourth-order valence-corrected chi connectivity index (χ4v) is 3.12. The van der Waals surface area contributed by atoms with Crippen molar-refractivity contribution in [2.45, 2.75) is 32.6 Å². The largest absolute Gasteiger partial charge is 0.496 e. The van der Waals surface area contributed by atoms with Crippen molar-refractivity contribution >= 4 is 17.6 Å². The topological polar surface area (TPSA) is 111 Å². The number of carboxylic acid groups (broad SMARTS) is 1. The van der Waals surface area contributed by atoms with Gasteiger partial charge in [-0.15, -0.1) is 0 Å². The fraction of sp³-hybridized carbons (Fsp3) is 0.222. The van der Waals surface area contributed by atoms with E-state index in [1.165, 1.54) is 0 Å². The number of ether oxygens (including phenoxy) is 1. The first-order valence-corrected chi connectivity index (χ1v) is 11.1. The third-order valence-corrected chi connectivity index (χ3v) is 4.93. The lowest BCUT2D eigenvalue weighted by Crippen LogP contribution is -2.22. The van der Waals surface area contributed by atoms with Crippen LogP contribution in [0.25, 0.3) is 11.1 Å². The molecule has 0 atom stereocenters. The van der Waals surface area contributed by atoms with Crippen molar-refractivity contribution in [2.75, 3.05) is 12.4 Å². The van der Waals surface area contributed by atoms with Gasteiger partial charge in [-0.05, 0) is 53.6 Å². The molecule has 0 unspecified atom stereocenters. The first kappa shape index (κ1) is 28.9. The van der Waals surface area contributed by atoms with Gasteiger partial charge in [-0.2, -0.15) is 18.4 Å². The molecule has 0 aliphatic rings. The van der Waals surface area contributed by atoms with E-state index >= 15 is 0 Å². The first-order valence-electron chi connectivity index (χ1n) is 11.1. The van der Waals surface area contributed by atoms with Gasteiger partial charge in [-0.3, -0.25) is 4.79 Å². The normalized spacial score (nSPS) is 10.6. The number of anilines is 1. The van der Waals surface area contributed by atoms with Crippen LogP contribution in [0.4, 0.5) is 18.9 Å². The zero-order valence-electron chi connectivity index (χ0n) is 20.4. The van der Waals surface area contributed by atoms with Crippen molar-refractivity contribution in [3.63, 3.8) is 0 Å². The van der Waals surface area contributed by atoms with Crippen LogP contribution in [0.3, 0.4) is 0 Å². The monoisotopic (exact) mass is 513 g/mol. The van der Waals surface area contributed by atoms with E-state index in [0.29, 0.717) is 29.4 Å². The van der Waals surface area contributed by atoms with Crippen molar-refractivity contribution in [1.82, 2.24) is 5.32 Å². The van der Waals surface area contributed by atoms with Gasteiger partial charge in [0, 0.05) is 29.4 Å². The maximum Gasteiger partial charge on any atom is 0.490 e. The molecule has 0 bridgehead atoms. The Bertz CT molecular complexity index is 1280. The van der Waals surface area contributed by atoms with Crippen LogP contribution in [0.2, 0.25) is 0 Å².